The van der Waals surface area contributed by atoms with E-state index in [9.17, 15) is 9.90 Å². The molecule has 0 radical (unpaired) electrons. The van der Waals surface area contributed by atoms with Crippen molar-refractivity contribution in [2.24, 2.45) is 17.8 Å². The van der Waals surface area contributed by atoms with Crippen molar-refractivity contribution in [3.05, 3.63) is 24.0 Å². The van der Waals surface area contributed by atoms with Gasteiger partial charge in [-0.1, -0.05) is 0 Å². The van der Waals surface area contributed by atoms with E-state index in [1.165, 1.54) is 25.5 Å². The van der Waals surface area contributed by atoms with Crippen LogP contribution in [0, 0.1) is 17.8 Å². The molecule has 4 fully saturated rings. The fraction of sp³-hybridized carbons (Fsp3) is 0.625. The Morgan fingerprint density at radius 1 is 1.20 bits per heavy atom. The Hall–Kier alpha value is -1.58. The van der Waals surface area contributed by atoms with E-state index in [1.54, 1.807) is 12.1 Å². The van der Waals surface area contributed by atoms with Crippen LogP contribution >= 0.6 is 0 Å². The number of carbonyl (C=O) groups is 1. The van der Waals surface area contributed by atoms with Crippen LogP contribution in [0.3, 0.4) is 0 Å². The summed E-state index contributed by atoms with van der Waals surface area (Å²) in [4.78, 5) is 15.2. The molecule has 4 saturated carbocycles. The number of carboxylic acid groups (broad SMARTS) is 1. The van der Waals surface area contributed by atoms with E-state index >= 15 is 0 Å². The van der Waals surface area contributed by atoms with E-state index in [0.717, 1.165) is 37.0 Å². The second-order valence-corrected chi connectivity index (χ2v) is 6.86. The van der Waals surface area contributed by atoms with Gasteiger partial charge in [0.15, 0.2) is 11.4 Å². The second-order valence-electron chi connectivity index (χ2n) is 6.86. The van der Waals surface area contributed by atoms with Gasteiger partial charge in [0.25, 0.3) is 0 Å². The Kier molecular flexibility index (Phi) is 2.56. The Bertz CT molecular complexity index is 519. The summed E-state index contributed by atoms with van der Waals surface area (Å²) in [5.41, 5.74) is -0.0784. The highest BCUT2D eigenvalue weighted by molar-refractivity contribution is 5.88. The number of aromatic carboxylic acids is 1. The summed E-state index contributed by atoms with van der Waals surface area (Å²) in [5.74, 6) is 1.79. The SMILES string of the molecule is O=C(O)c1ncccc1OC12CC3CC(CC(C3)C1)C2. The highest BCUT2D eigenvalue weighted by atomic mass is 16.5. The lowest BCUT2D eigenvalue weighted by molar-refractivity contribution is -0.108. The minimum absolute atomic E-state index is 0.0447. The van der Waals surface area contributed by atoms with E-state index in [1.807, 2.05) is 0 Å². The summed E-state index contributed by atoms with van der Waals surface area (Å²) in [6, 6.07) is 3.50. The number of pyridine rings is 1. The van der Waals surface area contributed by atoms with Gasteiger partial charge in [-0.2, -0.15) is 0 Å². The van der Waals surface area contributed by atoms with Gasteiger partial charge in [-0.25, -0.2) is 9.78 Å². The fourth-order valence-corrected chi connectivity index (χ4v) is 5.02. The quantitative estimate of drug-likeness (QED) is 0.919. The van der Waals surface area contributed by atoms with Gasteiger partial charge in [-0.05, 0) is 68.4 Å². The second kappa shape index (κ2) is 4.21. The van der Waals surface area contributed by atoms with Crippen LogP contribution in [0.1, 0.15) is 49.0 Å². The average Bonchev–Trinajstić information content (AvgIpc) is 2.36. The summed E-state index contributed by atoms with van der Waals surface area (Å²) >= 11 is 0. The van der Waals surface area contributed by atoms with Gasteiger partial charge in [-0.15, -0.1) is 0 Å². The maximum atomic E-state index is 11.3. The highest BCUT2D eigenvalue weighted by Gasteiger charge is 2.52. The molecule has 4 nitrogen and oxygen atoms in total. The normalized spacial score (nSPS) is 37.9. The molecule has 1 heterocycles. The van der Waals surface area contributed by atoms with Crippen LogP contribution in [0.4, 0.5) is 0 Å². The maximum Gasteiger partial charge on any atom is 0.358 e. The molecule has 20 heavy (non-hydrogen) atoms. The van der Waals surface area contributed by atoms with Gasteiger partial charge in [0, 0.05) is 6.20 Å². The van der Waals surface area contributed by atoms with Gasteiger partial charge in [0.05, 0.1) is 0 Å². The topological polar surface area (TPSA) is 59.4 Å². The predicted octanol–water partition coefficient (Wildman–Crippen LogP) is 3.13. The molecular formula is C16H19NO3. The fourth-order valence-electron chi connectivity index (χ4n) is 5.02. The molecule has 0 aromatic carbocycles. The third-order valence-electron chi connectivity index (χ3n) is 5.28. The van der Waals surface area contributed by atoms with Crippen LogP contribution in [-0.4, -0.2) is 21.7 Å². The lowest BCUT2D eigenvalue weighted by atomic mass is 9.54. The molecule has 4 aliphatic rings. The molecule has 0 amide bonds. The zero-order valence-corrected chi connectivity index (χ0v) is 11.4. The van der Waals surface area contributed by atoms with Crippen molar-refractivity contribution in [1.29, 1.82) is 0 Å². The van der Waals surface area contributed by atoms with E-state index in [0.29, 0.717) is 5.75 Å². The van der Waals surface area contributed by atoms with Crippen molar-refractivity contribution < 1.29 is 14.6 Å². The van der Waals surface area contributed by atoms with Gasteiger partial charge in [0.2, 0.25) is 0 Å². The zero-order valence-electron chi connectivity index (χ0n) is 11.4. The lowest BCUT2D eigenvalue weighted by Gasteiger charge is -2.56. The van der Waals surface area contributed by atoms with Crippen LogP contribution in [0.15, 0.2) is 18.3 Å². The molecule has 0 saturated heterocycles. The number of rotatable bonds is 3. The molecule has 5 rings (SSSR count). The lowest BCUT2D eigenvalue weighted by Crippen LogP contribution is -2.53. The number of aromatic nitrogens is 1. The Morgan fingerprint density at radius 2 is 1.80 bits per heavy atom. The third kappa shape index (κ3) is 1.89. The van der Waals surface area contributed by atoms with Crippen molar-refractivity contribution in [1.82, 2.24) is 4.98 Å². The van der Waals surface area contributed by atoms with Crippen molar-refractivity contribution in [3.63, 3.8) is 0 Å². The van der Waals surface area contributed by atoms with E-state index < -0.39 is 5.97 Å². The number of hydrogen-bond donors (Lipinski definition) is 1. The first kappa shape index (κ1) is 12.2. The molecule has 0 aliphatic heterocycles. The summed E-state index contributed by atoms with van der Waals surface area (Å²) in [6.07, 6.45) is 8.83. The van der Waals surface area contributed by atoms with Crippen molar-refractivity contribution in [2.45, 2.75) is 44.1 Å². The third-order valence-corrected chi connectivity index (χ3v) is 5.28. The monoisotopic (exact) mass is 273 g/mol. The van der Waals surface area contributed by atoms with Gasteiger partial charge in [0.1, 0.15) is 5.60 Å². The molecule has 4 heteroatoms. The summed E-state index contributed by atoms with van der Waals surface area (Å²) in [6.45, 7) is 0. The smallest absolute Gasteiger partial charge is 0.358 e. The Labute approximate surface area is 118 Å². The first-order valence-corrected chi connectivity index (χ1v) is 7.51. The largest absolute Gasteiger partial charge is 0.485 e. The average molecular weight is 273 g/mol. The summed E-state index contributed by atoms with van der Waals surface area (Å²) < 4.78 is 6.26. The van der Waals surface area contributed by atoms with E-state index in [-0.39, 0.29) is 11.3 Å². The first-order valence-electron chi connectivity index (χ1n) is 7.51. The summed E-state index contributed by atoms with van der Waals surface area (Å²) in [5, 5.41) is 9.24. The van der Waals surface area contributed by atoms with Gasteiger partial charge in [-0.3, -0.25) is 0 Å². The molecule has 0 spiro atoms. The van der Waals surface area contributed by atoms with Crippen molar-refractivity contribution >= 4 is 5.97 Å². The molecule has 1 aromatic heterocycles. The van der Waals surface area contributed by atoms with Crippen molar-refractivity contribution in [2.75, 3.05) is 0 Å². The van der Waals surface area contributed by atoms with Crippen molar-refractivity contribution in [3.8, 4) is 5.75 Å². The van der Waals surface area contributed by atoms with Crippen LogP contribution < -0.4 is 4.74 Å². The zero-order chi connectivity index (χ0) is 13.7. The van der Waals surface area contributed by atoms with Crippen LogP contribution in [0.5, 0.6) is 5.75 Å². The number of ether oxygens (including phenoxy) is 1. The molecule has 4 aliphatic carbocycles. The minimum Gasteiger partial charge on any atom is -0.485 e. The molecule has 0 unspecified atom stereocenters. The van der Waals surface area contributed by atoms with Gasteiger partial charge < -0.3 is 9.84 Å². The van der Waals surface area contributed by atoms with E-state index in [2.05, 4.69) is 4.98 Å². The Balaban J connectivity index is 1.64. The van der Waals surface area contributed by atoms with Crippen LogP contribution in [-0.2, 0) is 0 Å². The summed E-state index contributed by atoms with van der Waals surface area (Å²) in [7, 11) is 0. The molecule has 0 atom stereocenters. The minimum atomic E-state index is -1.01. The molecule has 1 aromatic rings. The predicted molar refractivity (Wildman–Crippen MR) is 72.7 cm³/mol. The van der Waals surface area contributed by atoms with Gasteiger partial charge >= 0.3 is 5.97 Å². The maximum absolute atomic E-state index is 11.3. The van der Waals surface area contributed by atoms with E-state index in [4.69, 9.17) is 4.74 Å². The molecule has 4 bridgehead atoms. The molecule has 1 N–H and O–H groups in total. The highest BCUT2D eigenvalue weighted by Crippen LogP contribution is 2.57. The molecular weight excluding hydrogens is 254 g/mol. The van der Waals surface area contributed by atoms with Crippen LogP contribution in [0.25, 0.3) is 0 Å². The standard InChI is InChI=1S/C16H19NO3/c18-15(19)14-13(2-1-3-17-14)20-16-7-10-4-11(8-16)6-12(5-10)9-16/h1-3,10-12H,4-9H2,(H,18,19). The molecule has 106 valence electrons. The number of nitrogens with zero attached hydrogens (tertiary/aromatic N) is 1. The number of hydrogen-bond acceptors (Lipinski definition) is 3. The first-order chi connectivity index (χ1) is 9.63. The number of carboxylic acids is 1. The Morgan fingerprint density at radius 3 is 2.35 bits per heavy atom. The van der Waals surface area contributed by atoms with Crippen LogP contribution in [0.2, 0.25) is 0 Å².